The van der Waals surface area contributed by atoms with Crippen LogP contribution in [-0.4, -0.2) is 56.7 Å². The number of amides is 1. The number of carbonyl (C=O) groups excluding carboxylic acids is 2. The van der Waals surface area contributed by atoms with E-state index in [2.05, 4.69) is 5.32 Å². The Bertz CT molecular complexity index is 1390. The molecule has 0 aliphatic carbocycles. The van der Waals surface area contributed by atoms with Gasteiger partial charge in [-0.15, -0.1) is 0 Å². The molecule has 3 aromatic rings. The van der Waals surface area contributed by atoms with Crippen LogP contribution in [0.3, 0.4) is 0 Å². The molecule has 4 rings (SSSR count). The SMILES string of the molecule is COc1cc(C=C2Oc3cc(OCC(=O)N[C@@H](Cc4ccccc4)C(=O)O)ccc3C2=O)cc(OC)c1OC. The zero-order valence-electron chi connectivity index (χ0n) is 21.6. The number of nitrogens with one attached hydrogen (secondary N) is 1. The zero-order valence-corrected chi connectivity index (χ0v) is 21.6. The quantitative estimate of drug-likeness (QED) is 0.356. The lowest BCUT2D eigenvalue weighted by Crippen LogP contribution is -2.44. The molecule has 10 nitrogen and oxygen atoms in total. The highest BCUT2D eigenvalue weighted by Crippen LogP contribution is 2.40. The second-order valence-electron chi connectivity index (χ2n) is 8.49. The molecule has 10 heteroatoms. The molecule has 0 saturated carbocycles. The maximum absolute atomic E-state index is 12.9. The first-order valence-electron chi connectivity index (χ1n) is 11.9. The molecule has 1 heterocycles. The van der Waals surface area contributed by atoms with Gasteiger partial charge in [-0.1, -0.05) is 30.3 Å². The standard InChI is InChI=1S/C29H27NO9/c1-35-24-13-18(14-25(36-2)28(24)37-3)12-23-27(32)20-10-9-19(15-22(20)39-23)38-16-26(31)30-21(29(33)34)11-17-7-5-4-6-8-17/h4-10,12-15,21H,11,16H2,1-3H3,(H,30,31)(H,33,34)/t21-/m0/s1. The van der Waals surface area contributed by atoms with Crippen molar-refractivity contribution in [3.8, 4) is 28.7 Å². The lowest BCUT2D eigenvalue weighted by molar-refractivity contribution is -0.142. The van der Waals surface area contributed by atoms with Crippen molar-refractivity contribution in [2.75, 3.05) is 27.9 Å². The van der Waals surface area contributed by atoms with E-state index in [1.165, 1.54) is 39.5 Å². The van der Waals surface area contributed by atoms with Gasteiger partial charge in [-0.25, -0.2) is 4.79 Å². The lowest BCUT2D eigenvalue weighted by atomic mass is 10.1. The van der Waals surface area contributed by atoms with Crippen LogP contribution < -0.4 is 29.0 Å². The Morgan fingerprint density at radius 2 is 1.67 bits per heavy atom. The first-order chi connectivity index (χ1) is 18.8. The van der Waals surface area contributed by atoms with Crippen molar-refractivity contribution in [2.24, 2.45) is 0 Å². The maximum Gasteiger partial charge on any atom is 0.326 e. The Labute approximate surface area is 224 Å². The maximum atomic E-state index is 12.9. The third kappa shape index (κ3) is 6.30. The van der Waals surface area contributed by atoms with Gasteiger partial charge in [0, 0.05) is 12.5 Å². The van der Waals surface area contributed by atoms with Crippen LogP contribution in [-0.2, 0) is 16.0 Å². The minimum absolute atomic E-state index is 0.0828. The van der Waals surface area contributed by atoms with Crippen molar-refractivity contribution in [1.29, 1.82) is 0 Å². The lowest BCUT2D eigenvalue weighted by Gasteiger charge is -2.15. The first-order valence-corrected chi connectivity index (χ1v) is 11.9. The van der Waals surface area contributed by atoms with Gasteiger partial charge in [-0.05, 0) is 41.5 Å². The Balaban J connectivity index is 1.42. The van der Waals surface area contributed by atoms with Gasteiger partial charge in [0.25, 0.3) is 5.91 Å². The molecule has 0 fully saturated rings. The number of allylic oxidation sites excluding steroid dienone is 1. The summed E-state index contributed by atoms with van der Waals surface area (Å²) in [6.45, 7) is -0.417. The number of hydrogen-bond donors (Lipinski definition) is 2. The fraction of sp³-hybridized carbons (Fsp3) is 0.207. The molecule has 1 atom stereocenters. The summed E-state index contributed by atoms with van der Waals surface area (Å²) in [5.41, 5.74) is 1.71. The van der Waals surface area contributed by atoms with Gasteiger partial charge in [0.15, 0.2) is 23.9 Å². The van der Waals surface area contributed by atoms with E-state index < -0.39 is 24.5 Å². The average molecular weight is 534 g/mol. The number of rotatable bonds is 11. The van der Waals surface area contributed by atoms with Gasteiger partial charge < -0.3 is 34.1 Å². The molecule has 0 radical (unpaired) electrons. The van der Waals surface area contributed by atoms with E-state index in [4.69, 9.17) is 23.7 Å². The number of carboxylic acids is 1. The van der Waals surface area contributed by atoms with Gasteiger partial charge in [0.2, 0.25) is 11.5 Å². The van der Waals surface area contributed by atoms with Crippen LogP contribution in [0.2, 0.25) is 0 Å². The topological polar surface area (TPSA) is 130 Å². The Morgan fingerprint density at radius 3 is 2.28 bits per heavy atom. The minimum atomic E-state index is -1.15. The summed E-state index contributed by atoms with van der Waals surface area (Å²) < 4.78 is 27.4. The van der Waals surface area contributed by atoms with E-state index in [1.54, 1.807) is 42.5 Å². The second-order valence-corrected chi connectivity index (χ2v) is 8.49. The summed E-state index contributed by atoms with van der Waals surface area (Å²) >= 11 is 0. The predicted molar refractivity (Wildman–Crippen MR) is 141 cm³/mol. The summed E-state index contributed by atoms with van der Waals surface area (Å²) in [4.78, 5) is 36.9. The molecule has 1 aliphatic heterocycles. The molecule has 1 aliphatic rings. The van der Waals surface area contributed by atoms with Gasteiger partial charge in [0.05, 0.1) is 26.9 Å². The Hall–Kier alpha value is -4.99. The summed E-state index contributed by atoms with van der Waals surface area (Å²) in [7, 11) is 4.49. The molecule has 39 heavy (non-hydrogen) atoms. The molecular weight excluding hydrogens is 506 g/mol. The largest absolute Gasteiger partial charge is 0.493 e. The monoisotopic (exact) mass is 533 g/mol. The van der Waals surface area contributed by atoms with E-state index in [-0.39, 0.29) is 29.5 Å². The minimum Gasteiger partial charge on any atom is -0.493 e. The van der Waals surface area contributed by atoms with Gasteiger partial charge in [0.1, 0.15) is 17.5 Å². The molecule has 0 saturated heterocycles. The molecule has 0 aromatic heterocycles. The fourth-order valence-corrected chi connectivity index (χ4v) is 4.03. The smallest absolute Gasteiger partial charge is 0.326 e. The number of benzene rings is 3. The van der Waals surface area contributed by atoms with Crippen LogP contribution in [0.1, 0.15) is 21.5 Å². The Morgan fingerprint density at radius 1 is 0.974 bits per heavy atom. The van der Waals surface area contributed by atoms with E-state index in [0.29, 0.717) is 28.4 Å². The number of hydrogen-bond acceptors (Lipinski definition) is 8. The summed E-state index contributed by atoms with van der Waals surface area (Å²) in [5, 5.41) is 12.0. The molecule has 0 bridgehead atoms. The first kappa shape index (κ1) is 27.1. The summed E-state index contributed by atoms with van der Waals surface area (Å²) in [5.74, 6) is -0.173. The number of carbonyl (C=O) groups is 3. The average Bonchev–Trinajstić information content (AvgIpc) is 3.25. The van der Waals surface area contributed by atoms with Crippen LogP contribution in [0.5, 0.6) is 28.7 Å². The van der Waals surface area contributed by atoms with Crippen molar-refractivity contribution in [3.63, 3.8) is 0 Å². The number of fused-ring (bicyclic) bond motifs is 1. The molecule has 202 valence electrons. The third-order valence-corrected chi connectivity index (χ3v) is 5.91. The van der Waals surface area contributed by atoms with Crippen molar-refractivity contribution in [3.05, 3.63) is 83.1 Å². The van der Waals surface area contributed by atoms with Crippen molar-refractivity contribution in [1.82, 2.24) is 5.32 Å². The van der Waals surface area contributed by atoms with Crippen LogP contribution in [0.4, 0.5) is 0 Å². The van der Waals surface area contributed by atoms with Gasteiger partial charge in [-0.2, -0.15) is 0 Å². The third-order valence-electron chi connectivity index (χ3n) is 5.91. The molecule has 1 amide bonds. The highest BCUT2D eigenvalue weighted by molar-refractivity contribution is 6.14. The van der Waals surface area contributed by atoms with Crippen LogP contribution >= 0.6 is 0 Å². The van der Waals surface area contributed by atoms with E-state index in [1.807, 2.05) is 6.07 Å². The van der Waals surface area contributed by atoms with Crippen molar-refractivity contribution >= 4 is 23.7 Å². The Kier molecular flexibility index (Phi) is 8.35. The number of carboxylic acid groups (broad SMARTS) is 1. The second kappa shape index (κ2) is 12.0. The number of aliphatic carboxylic acids is 1. The molecular formula is C29H27NO9. The summed E-state index contributed by atoms with van der Waals surface area (Å²) in [6.07, 6.45) is 1.69. The number of ether oxygens (including phenoxy) is 5. The molecule has 2 N–H and O–H groups in total. The van der Waals surface area contributed by atoms with Crippen molar-refractivity contribution < 1.29 is 43.2 Å². The van der Waals surface area contributed by atoms with Gasteiger partial charge in [-0.3, -0.25) is 9.59 Å². The summed E-state index contributed by atoms with van der Waals surface area (Å²) in [6, 6.07) is 15.8. The normalized spacial score (nSPS) is 13.7. The number of Topliss-reactive ketones (excluding diaryl/α,β-unsaturated/α-hetero) is 1. The van der Waals surface area contributed by atoms with Crippen LogP contribution in [0.25, 0.3) is 6.08 Å². The zero-order chi connectivity index (χ0) is 27.9. The molecule has 0 spiro atoms. The van der Waals surface area contributed by atoms with Crippen LogP contribution in [0.15, 0.2) is 66.4 Å². The number of methoxy groups -OCH3 is 3. The predicted octanol–water partition coefficient (Wildman–Crippen LogP) is 3.52. The molecule has 3 aromatic carbocycles. The van der Waals surface area contributed by atoms with E-state index in [0.717, 1.165) is 5.56 Å². The number of ketones is 1. The van der Waals surface area contributed by atoms with Crippen molar-refractivity contribution in [2.45, 2.75) is 12.5 Å². The van der Waals surface area contributed by atoms with E-state index >= 15 is 0 Å². The fourth-order valence-electron chi connectivity index (χ4n) is 4.03. The highest BCUT2D eigenvalue weighted by atomic mass is 16.5. The van der Waals surface area contributed by atoms with Crippen LogP contribution in [0, 0.1) is 0 Å². The molecule has 0 unspecified atom stereocenters. The highest BCUT2D eigenvalue weighted by Gasteiger charge is 2.28. The van der Waals surface area contributed by atoms with Gasteiger partial charge >= 0.3 is 5.97 Å². The van der Waals surface area contributed by atoms with E-state index in [9.17, 15) is 19.5 Å².